The fourth-order valence-electron chi connectivity index (χ4n) is 1.68. The molecule has 1 aliphatic rings. The van der Waals surface area contributed by atoms with E-state index in [-0.39, 0.29) is 5.78 Å². The van der Waals surface area contributed by atoms with E-state index in [1.165, 1.54) is 6.42 Å². The standard InChI is InChI=1S/C11H21NO2/c1-11(2,12)10(13)7-3-5-9-6-4-8-14-9/h9H,3-8,12H2,1-2H3. The van der Waals surface area contributed by atoms with Crippen molar-refractivity contribution in [3.05, 3.63) is 0 Å². The average Bonchev–Trinajstić information content (AvgIpc) is 2.55. The summed E-state index contributed by atoms with van der Waals surface area (Å²) < 4.78 is 5.48. The Morgan fingerprint density at radius 2 is 2.29 bits per heavy atom. The van der Waals surface area contributed by atoms with Gasteiger partial charge in [-0.2, -0.15) is 0 Å². The lowest BCUT2D eigenvalue weighted by Gasteiger charge is -2.17. The molecule has 0 bridgehead atoms. The molecule has 3 nitrogen and oxygen atoms in total. The zero-order valence-corrected chi connectivity index (χ0v) is 9.21. The van der Waals surface area contributed by atoms with Crippen LogP contribution in [0, 0.1) is 0 Å². The second-order valence-corrected chi connectivity index (χ2v) is 4.67. The first-order valence-electron chi connectivity index (χ1n) is 5.44. The highest BCUT2D eigenvalue weighted by atomic mass is 16.5. The van der Waals surface area contributed by atoms with Crippen LogP contribution in [0.15, 0.2) is 0 Å². The SMILES string of the molecule is CC(C)(N)C(=O)CCCC1CCCO1. The Morgan fingerprint density at radius 3 is 2.79 bits per heavy atom. The number of carbonyl (C=O) groups is 1. The molecule has 1 heterocycles. The third-order valence-electron chi connectivity index (χ3n) is 2.67. The molecular formula is C11H21NO2. The predicted octanol–water partition coefficient (Wildman–Crippen LogP) is 1.64. The summed E-state index contributed by atoms with van der Waals surface area (Å²) in [6, 6.07) is 0. The minimum atomic E-state index is -0.670. The summed E-state index contributed by atoms with van der Waals surface area (Å²) >= 11 is 0. The zero-order chi connectivity index (χ0) is 10.6. The van der Waals surface area contributed by atoms with Crippen molar-refractivity contribution >= 4 is 5.78 Å². The van der Waals surface area contributed by atoms with Gasteiger partial charge in [-0.3, -0.25) is 4.79 Å². The van der Waals surface area contributed by atoms with Crippen molar-refractivity contribution in [2.45, 2.75) is 57.6 Å². The second kappa shape index (κ2) is 4.89. The molecule has 1 saturated heterocycles. The Labute approximate surface area is 86.0 Å². The number of ketones is 1. The molecule has 1 rings (SSSR count). The molecule has 1 aliphatic heterocycles. The van der Waals surface area contributed by atoms with Crippen molar-refractivity contribution < 1.29 is 9.53 Å². The van der Waals surface area contributed by atoms with Crippen LogP contribution in [-0.4, -0.2) is 24.0 Å². The molecule has 0 aromatic rings. The number of nitrogens with two attached hydrogens (primary N) is 1. The summed E-state index contributed by atoms with van der Waals surface area (Å²) in [4.78, 5) is 11.5. The molecule has 14 heavy (non-hydrogen) atoms. The van der Waals surface area contributed by atoms with Crippen molar-refractivity contribution in [1.29, 1.82) is 0 Å². The average molecular weight is 199 g/mol. The van der Waals surface area contributed by atoms with Gasteiger partial charge in [0.15, 0.2) is 5.78 Å². The summed E-state index contributed by atoms with van der Waals surface area (Å²) in [7, 11) is 0. The van der Waals surface area contributed by atoms with Gasteiger partial charge in [0.05, 0.1) is 11.6 Å². The lowest BCUT2D eigenvalue weighted by Crippen LogP contribution is -2.41. The van der Waals surface area contributed by atoms with Crippen LogP contribution in [-0.2, 0) is 9.53 Å². The second-order valence-electron chi connectivity index (χ2n) is 4.67. The van der Waals surface area contributed by atoms with E-state index in [0.29, 0.717) is 12.5 Å². The number of Topliss-reactive ketones (excluding diaryl/α,β-unsaturated/α-hetero) is 1. The van der Waals surface area contributed by atoms with Crippen molar-refractivity contribution in [1.82, 2.24) is 0 Å². The molecule has 1 unspecified atom stereocenters. The van der Waals surface area contributed by atoms with Gasteiger partial charge in [0.25, 0.3) is 0 Å². The van der Waals surface area contributed by atoms with Gasteiger partial charge in [-0.1, -0.05) is 0 Å². The van der Waals surface area contributed by atoms with Crippen molar-refractivity contribution in [2.24, 2.45) is 5.73 Å². The maximum atomic E-state index is 11.5. The molecule has 1 atom stereocenters. The highest BCUT2D eigenvalue weighted by molar-refractivity contribution is 5.87. The highest BCUT2D eigenvalue weighted by Gasteiger charge is 2.22. The van der Waals surface area contributed by atoms with E-state index in [1.54, 1.807) is 13.8 Å². The predicted molar refractivity (Wildman–Crippen MR) is 56.1 cm³/mol. The first-order valence-corrected chi connectivity index (χ1v) is 5.44. The summed E-state index contributed by atoms with van der Waals surface area (Å²) in [5.74, 6) is 0.149. The molecule has 1 fully saturated rings. The van der Waals surface area contributed by atoms with E-state index in [4.69, 9.17) is 10.5 Å². The minimum Gasteiger partial charge on any atom is -0.378 e. The third kappa shape index (κ3) is 3.76. The summed E-state index contributed by atoms with van der Waals surface area (Å²) in [5.41, 5.74) is 5.02. The lowest BCUT2D eigenvalue weighted by atomic mass is 9.95. The number of rotatable bonds is 5. The van der Waals surface area contributed by atoms with Gasteiger partial charge in [0.1, 0.15) is 0 Å². The van der Waals surface area contributed by atoms with Crippen LogP contribution in [0.5, 0.6) is 0 Å². The first kappa shape index (κ1) is 11.7. The molecule has 0 aromatic heterocycles. The number of hydrogen-bond acceptors (Lipinski definition) is 3. The normalized spacial score (nSPS) is 22.6. The largest absolute Gasteiger partial charge is 0.378 e. The van der Waals surface area contributed by atoms with Crippen LogP contribution in [0.2, 0.25) is 0 Å². The van der Waals surface area contributed by atoms with Gasteiger partial charge in [-0.15, -0.1) is 0 Å². The Kier molecular flexibility index (Phi) is 4.08. The van der Waals surface area contributed by atoms with Gasteiger partial charge < -0.3 is 10.5 Å². The summed E-state index contributed by atoms with van der Waals surface area (Å²) in [6.07, 6.45) is 5.21. The Bertz CT molecular complexity index is 190. The van der Waals surface area contributed by atoms with Crippen LogP contribution in [0.4, 0.5) is 0 Å². The monoisotopic (exact) mass is 199 g/mol. The van der Waals surface area contributed by atoms with Crippen LogP contribution >= 0.6 is 0 Å². The Morgan fingerprint density at radius 1 is 1.57 bits per heavy atom. The molecular weight excluding hydrogens is 178 g/mol. The lowest BCUT2D eigenvalue weighted by molar-refractivity contribution is -0.123. The fraction of sp³-hybridized carbons (Fsp3) is 0.909. The van der Waals surface area contributed by atoms with Crippen molar-refractivity contribution in [2.75, 3.05) is 6.61 Å². The first-order chi connectivity index (χ1) is 6.50. The van der Waals surface area contributed by atoms with E-state index >= 15 is 0 Å². The molecule has 0 saturated carbocycles. The smallest absolute Gasteiger partial charge is 0.152 e. The molecule has 3 heteroatoms. The maximum absolute atomic E-state index is 11.5. The molecule has 0 aliphatic carbocycles. The summed E-state index contributed by atoms with van der Waals surface area (Å²) in [6.45, 7) is 4.42. The van der Waals surface area contributed by atoms with Gasteiger partial charge in [-0.25, -0.2) is 0 Å². The van der Waals surface area contributed by atoms with Gasteiger partial charge in [0.2, 0.25) is 0 Å². The summed E-state index contributed by atoms with van der Waals surface area (Å²) in [5, 5.41) is 0. The zero-order valence-electron chi connectivity index (χ0n) is 9.21. The van der Waals surface area contributed by atoms with E-state index in [1.807, 2.05) is 0 Å². The molecule has 0 amide bonds. The fourth-order valence-corrected chi connectivity index (χ4v) is 1.68. The molecule has 0 spiro atoms. The Hall–Kier alpha value is -0.410. The Balaban J connectivity index is 2.11. The van der Waals surface area contributed by atoms with E-state index < -0.39 is 5.54 Å². The topological polar surface area (TPSA) is 52.3 Å². The van der Waals surface area contributed by atoms with E-state index in [0.717, 1.165) is 25.9 Å². The van der Waals surface area contributed by atoms with Gasteiger partial charge in [0, 0.05) is 13.0 Å². The maximum Gasteiger partial charge on any atom is 0.152 e. The van der Waals surface area contributed by atoms with Crippen LogP contribution in [0.3, 0.4) is 0 Å². The molecule has 82 valence electrons. The van der Waals surface area contributed by atoms with E-state index in [2.05, 4.69) is 0 Å². The van der Waals surface area contributed by atoms with Crippen LogP contribution < -0.4 is 5.73 Å². The van der Waals surface area contributed by atoms with Gasteiger partial charge in [-0.05, 0) is 39.5 Å². The highest BCUT2D eigenvalue weighted by Crippen LogP contribution is 2.18. The minimum absolute atomic E-state index is 0.149. The third-order valence-corrected chi connectivity index (χ3v) is 2.67. The number of carbonyl (C=O) groups excluding carboxylic acids is 1. The van der Waals surface area contributed by atoms with Gasteiger partial charge >= 0.3 is 0 Å². The van der Waals surface area contributed by atoms with E-state index in [9.17, 15) is 4.79 Å². The van der Waals surface area contributed by atoms with Crippen LogP contribution in [0.25, 0.3) is 0 Å². The van der Waals surface area contributed by atoms with Crippen molar-refractivity contribution in [3.63, 3.8) is 0 Å². The quantitative estimate of drug-likeness (QED) is 0.732. The number of hydrogen-bond donors (Lipinski definition) is 1. The van der Waals surface area contributed by atoms with Crippen LogP contribution in [0.1, 0.15) is 46.0 Å². The van der Waals surface area contributed by atoms with Crippen molar-refractivity contribution in [3.8, 4) is 0 Å². The molecule has 0 aromatic carbocycles. The molecule has 2 N–H and O–H groups in total. The molecule has 0 radical (unpaired) electrons. The number of ether oxygens (including phenoxy) is 1.